The third-order valence-corrected chi connectivity index (χ3v) is 9.68. The number of aromatic nitrogens is 2. The molecule has 0 aliphatic heterocycles. The molecule has 49 heavy (non-hydrogen) atoms. The van der Waals surface area contributed by atoms with Gasteiger partial charge >= 0.3 is 0 Å². The van der Waals surface area contributed by atoms with Crippen LogP contribution in [-0.4, -0.2) is 9.97 Å². The average molecular weight is 625 g/mol. The van der Waals surface area contributed by atoms with Crippen LogP contribution >= 0.6 is 0 Å². The Morgan fingerprint density at radius 1 is 0.327 bits per heavy atom. The fraction of sp³-hybridized carbons (Fsp3) is 0. The molecular formula is C46H28N2O. The summed E-state index contributed by atoms with van der Waals surface area (Å²) in [7, 11) is 0. The van der Waals surface area contributed by atoms with E-state index in [1.54, 1.807) is 0 Å². The summed E-state index contributed by atoms with van der Waals surface area (Å²) in [6.45, 7) is 0. The van der Waals surface area contributed by atoms with E-state index >= 15 is 0 Å². The summed E-state index contributed by atoms with van der Waals surface area (Å²) >= 11 is 0. The molecule has 0 aliphatic rings. The lowest BCUT2D eigenvalue weighted by molar-refractivity contribution is 0.673. The molecule has 0 unspecified atom stereocenters. The standard InChI is InChI=1S/C46H28N2O/c1-3-11-29(12-4-1)30-19-21-31(22-20-30)41-28-42(48-46(47-41)32-13-5-2-6-14-32)33-23-24-38-40(27-33)35-16-8-7-15-34(35)37-25-26-39-36-17-9-10-18-43(36)49-45(39)44(37)38/h1-28H. The van der Waals surface area contributed by atoms with Crippen molar-refractivity contribution in [3.63, 3.8) is 0 Å². The lowest BCUT2D eigenvalue weighted by Crippen LogP contribution is -1.96. The van der Waals surface area contributed by atoms with Crippen LogP contribution in [0.1, 0.15) is 0 Å². The largest absolute Gasteiger partial charge is 0.455 e. The molecule has 0 N–H and O–H groups in total. The minimum Gasteiger partial charge on any atom is -0.455 e. The first kappa shape index (κ1) is 27.5. The number of hydrogen-bond donors (Lipinski definition) is 0. The van der Waals surface area contributed by atoms with Crippen molar-refractivity contribution in [1.29, 1.82) is 0 Å². The minimum atomic E-state index is 0.702. The fourth-order valence-electron chi connectivity index (χ4n) is 7.30. The van der Waals surface area contributed by atoms with Gasteiger partial charge in [-0.05, 0) is 62.3 Å². The van der Waals surface area contributed by atoms with E-state index in [2.05, 4.69) is 140 Å². The van der Waals surface area contributed by atoms with Gasteiger partial charge in [0.15, 0.2) is 5.82 Å². The molecule has 3 heteroatoms. The van der Waals surface area contributed by atoms with Crippen LogP contribution in [0.4, 0.5) is 0 Å². The van der Waals surface area contributed by atoms with Crippen molar-refractivity contribution in [2.45, 2.75) is 0 Å². The van der Waals surface area contributed by atoms with Crippen molar-refractivity contribution in [3.8, 4) is 45.0 Å². The number of hydrogen-bond acceptors (Lipinski definition) is 3. The van der Waals surface area contributed by atoms with Crippen LogP contribution in [0.3, 0.4) is 0 Å². The maximum atomic E-state index is 6.58. The second-order valence-corrected chi connectivity index (χ2v) is 12.5. The Morgan fingerprint density at radius 2 is 0.837 bits per heavy atom. The van der Waals surface area contributed by atoms with Crippen LogP contribution in [-0.2, 0) is 0 Å². The van der Waals surface area contributed by atoms with E-state index in [0.717, 1.165) is 60.8 Å². The lowest BCUT2D eigenvalue weighted by atomic mass is 9.91. The highest BCUT2D eigenvalue weighted by Crippen LogP contribution is 2.43. The van der Waals surface area contributed by atoms with Crippen LogP contribution < -0.4 is 0 Å². The molecule has 10 rings (SSSR count). The topological polar surface area (TPSA) is 38.9 Å². The summed E-state index contributed by atoms with van der Waals surface area (Å²) in [5, 5.41) is 9.34. The number of fused-ring (bicyclic) bond motifs is 10. The predicted molar refractivity (Wildman–Crippen MR) is 204 cm³/mol. The molecule has 3 nitrogen and oxygen atoms in total. The molecule has 228 valence electrons. The van der Waals surface area contributed by atoms with E-state index in [9.17, 15) is 0 Å². The molecule has 10 aromatic rings. The lowest BCUT2D eigenvalue weighted by Gasteiger charge is -2.13. The van der Waals surface area contributed by atoms with Crippen molar-refractivity contribution < 1.29 is 4.42 Å². The molecule has 0 radical (unpaired) electrons. The van der Waals surface area contributed by atoms with Crippen molar-refractivity contribution >= 4 is 54.3 Å². The highest BCUT2D eigenvalue weighted by molar-refractivity contribution is 6.32. The van der Waals surface area contributed by atoms with E-state index in [4.69, 9.17) is 14.4 Å². The minimum absolute atomic E-state index is 0.702. The summed E-state index contributed by atoms with van der Waals surface area (Å²) in [6, 6.07) is 59.6. The van der Waals surface area contributed by atoms with Gasteiger partial charge in [0.1, 0.15) is 11.2 Å². The predicted octanol–water partition coefficient (Wildman–Crippen LogP) is 12.5. The number of nitrogens with zero attached hydrogens (tertiary/aromatic N) is 2. The highest BCUT2D eigenvalue weighted by Gasteiger charge is 2.17. The third kappa shape index (κ3) is 4.51. The molecule has 0 amide bonds. The molecule has 0 saturated heterocycles. The van der Waals surface area contributed by atoms with Crippen molar-refractivity contribution in [2.75, 3.05) is 0 Å². The third-order valence-electron chi connectivity index (χ3n) is 9.68. The Bertz CT molecular complexity index is 2850. The summed E-state index contributed by atoms with van der Waals surface area (Å²) in [6.07, 6.45) is 0. The second-order valence-electron chi connectivity index (χ2n) is 12.5. The van der Waals surface area contributed by atoms with Gasteiger partial charge in [0.2, 0.25) is 0 Å². The molecular weight excluding hydrogens is 597 g/mol. The fourth-order valence-corrected chi connectivity index (χ4v) is 7.30. The van der Waals surface area contributed by atoms with E-state index in [0.29, 0.717) is 5.82 Å². The summed E-state index contributed by atoms with van der Waals surface area (Å²) in [5.74, 6) is 0.702. The van der Waals surface area contributed by atoms with Crippen molar-refractivity contribution in [3.05, 3.63) is 170 Å². The van der Waals surface area contributed by atoms with Gasteiger partial charge in [-0.1, -0.05) is 146 Å². The van der Waals surface area contributed by atoms with Gasteiger partial charge < -0.3 is 4.42 Å². The molecule has 0 saturated carbocycles. The van der Waals surface area contributed by atoms with Gasteiger partial charge in [-0.3, -0.25) is 0 Å². The van der Waals surface area contributed by atoms with Crippen LogP contribution in [0.15, 0.2) is 174 Å². The van der Waals surface area contributed by atoms with E-state index in [1.807, 2.05) is 30.3 Å². The summed E-state index contributed by atoms with van der Waals surface area (Å²) in [4.78, 5) is 10.2. The normalized spacial score (nSPS) is 11.7. The Balaban J connectivity index is 1.20. The first-order valence-corrected chi connectivity index (χ1v) is 16.6. The van der Waals surface area contributed by atoms with Gasteiger partial charge in [-0.25, -0.2) is 9.97 Å². The molecule has 2 heterocycles. The molecule has 0 fully saturated rings. The summed E-state index contributed by atoms with van der Waals surface area (Å²) in [5.41, 5.74) is 9.03. The molecule has 8 aromatic carbocycles. The van der Waals surface area contributed by atoms with Gasteiger partial charge in [0.25, 0.3) is 0 Å². The molecule has 2 aromatic heterocycles. The zero-order valence-electron chi connectivity index (χ0n) is 26.5. The van der Waals surface area contributed by atoms with Gasteiger partial charge in [0.05, 0.1) is 11.4 Å². The number of benzene rings is 8. The van der Waals surface area contributed by atoms with Crippen LogP contribution in [0.2, 0.25) is 0 Å². The smallest absolute Gasteiger partial charge is 0.160 e. The molecule has 0 aliphatic carbocycles. The monoisotopic (exact) mass is 624 g/mol. The van der Waals surface area contributed by atoms with E-state index < -0.39 is 0 Å². The molecule has 0 bridgehead atoms. The van der Waals surface area contributed by atoms with Crippen LogP contribution in [0.5, 0.6) is 0 Å². The summed E-state index contributed by atoms with van der Waals surface area (Å²) < 4.78 is 6.58. The first-order valence-electron chi connectivity index (χ1n) is 16.6. The zero-order valence-corrected chi connectivity index (χ0v) is 26.5. The maximum Gasteiger partial charge on any atom is 0.160 e. The van der Waals surface area contributed by atoms with E-state index in [-0.39, 0.29) is 0 Å². The Morgan fingerprint density at radius 3 is 1.59 bits per heavy atom. The van der Waals surface area contributed by atoms with Crippen LogP contribution in [0.25, 0.3) is 99.3 Å². The average Bonchev–Trinajstić information content (AvgIpc) is 3.57. The Kier molecular flexibility index (Phi) is 6.18. The Labute approximate surface area is 282 Å². The first-order chi connectivity index (χ1) is 24.3. The molecule has 0 atom stereocenters. The highest BCUT2D eigenvalue weighted by atomic mass is 16.3. The Hall–Kier alpha value is -6.58. The molecule has 0 spiro atoms. The van der Waals surface area contributed by atoms with Gasteiger partial charge in [0, 0.05) is 32.8 Å². The van der Waals surface area contributed by atoms with Crippen molar-refractivity contribution in [2.24, 2.45) is 0 Å². The second kappa shape index (κ2) is 11.0. The number of furan rings is 1. The SMILES string of the molecule is c1ccc(-c2ccc(-c3cc(-c4ccc5c(c4)c4ccccc4c4ccc6c7ccccc7oc6c45)nc(-c4ccccc4)n3)cc2)cc1. The van der Waals surface area contributed by atoms with Gasteiger partial charge in [-0.15, -0.1) is 0 Å². The van der Waals surface area contributed by atoms with Crippen LogP contribution in [0, 0.1) is 0 Å². The zero-order chi connectivity index (χ0) is 32.3. The maximum absolute atomic E-state index is 6.58. The van der Waals surface area contributed by atoms with Crippen molar-refractivity contribution in [1.82, 2.24) is 9.97 Å². The van der Waals surface area contributed by atoms with Gasteiger partial charge in [-0.2, -0.15) is 0 Å². The quantitative estimate of drug-likeness (QED) is 0.183. The number of para-hydroxylation sites is 1. The van der Waals surface area contributed by atoms with E-state index in [1.165, 1.54) is 32.7 Å². The number of rotatable bonds is 4.